The Kier molecular flexibility index (Phi) is 8.86. The number of nitrogens with zero attached hydrogens (tertiary/aromatic N) is 1. The van der Waals surface area contributed by atoms with Crippen molar-refractivity contribution >= 4 is 52.8 Å². The molecule has 10 nitrogen and oxygen atoms in total. The number of furan rings is 1. The van der Waals surface area contributed by atoms with E-state index in [2.05, 4.69) is 15.7 Å². The molecule has 4 amide bonds. The molecule has 0 atom stereocenters. The molecule has 0 spiro atoms. The van der Waals surface area contributed by atoms with Gasteiger partial charge in [-0.25, -0.2) is 5.43 Å². The number of hydrogen-bond donors (Lipinski definition) is 4. The van der Waals surface area contributed by atoms with Crippen molar-refractivity contribution in [2.75, 3.05) is 10.6 Å². The molecular formula is C24H19ClF3N5O5. The van der Waals surface area contributed by atoms with Gasteiger partial charge < -0.3 is 20.4 Å². The molecule has 0 unspecified atom stereocenters. The van der Waals surface area contributed by atoms with Crippen LogP contribution in [0.4, 0.5) is 24.5 Å². The molecule has 0 radical (unpaired) electrons. The van der Waals surface area contributed by atoms with Gasteiger partial charge in [0.25, 0.3) is 0 Å². The standard InChI is InChI=1S/C24H19ClF3N5O5/c1-13-2-4-14(5-3-13)31-21(35)20(34)29-11-16-7-8-17(38-16)12-30-33-23(37)22(36)32-15-6-9-19(25)18(10-15)24(26,27)28/h2-10,12H,11H2,1H3,(H,29,34)(H,31,35)(H,32,36)(H,33,37)/b30-12+. The molecule has 0 fully saturated rings. The summed E-state index contributed by atoms with van der Waals surface area (Å²) in [7, 11) is 0. The Hall–Kier alpha value is -4.65. The van der Waals surface area contributed by atoms with Crippen LogP contribution in [-0.4, -0.2) is 29.8 Å². The highest BCUT2D eigenvalue weighted by Crippen LogP contribution is 2.36. The minimum atomic E-state index is -4.75. The van der Waals surface area contributed by atoms with Crippen molar-refractivity contribution in [2.45, 2.75) is 19.6 Å². The van der Waals surface area contributed by atoms with Gasteiger partial charge in [0.15, 0.2) is 0 Å². The smallest absolute Gasteiger partial charge is 0.417 e. The normalized spacial score (nSPS) is 11.2. The number of hydrazone groups is 1. The van der Waals surface area contributed by atoms with E-state index in [1.807, 2.05) is 17.7 Å². The van der Waals surface area contributed by atoms with Gasteiger partial charge in [0.1, 0.15) is 11.5 Å². The van der Waals surface area contributed by atoms with Gasteiger partial charge in [-0.2, -0.15) is 18.3 Å². The molecule has 198 valence electrons. The van der Waals surface area contributed by atoms with Crippen LogP contribution in [0.25, 0.3) is 0 Å². The first kappa shape index (κ1) is 27.9. The first-order chi connectivity index (χ1) is 17.9. The summed E-state index contributed by atoms with van der Waals surface area (Å²) in [6.45, 7) is 1.76. The molecule has 0 aliphatic rings. The van der Waals surface area contributed by atoms with Crippen LogP contribution in [0.1, 0.15) is 22.6 Å². The number of alkyl halides is 3. The van der Waals surface area contributed by atoms with Crippen molar-refractivity contribution in [3.05, 3.63) is 82.3 Å². The highest BCUT2D eigenvalue weighted by molar-refractivity contribution is 6.40. The van der Waals surface area contributed by atoms with E-state index < -0.39 is 40.4 Å². The molecular weight excluding hydrogens is 531 g/mol. The van der Waals surface area contributed by atoms with Gasteiger partial charge in [0.05, 0.1) is 23.3 Å². The van der Waals surface area contributed by atoms with Crippen LogP contribution in [0, 0.1) is 6.92 Å². The van der Waals surface area contributed by atoms with Crippen molar-refractivity contribution in [2.24, 2.45) is 5.10 Å². The number of carbonyl (C=O) groups is 4. The zero-order valence-corrected chi connectivity index (χ0v) is 20.2. The van der Waals surface area contributed by atoms with Gasteiger partial charge in [0.2, 0.25) is 0 Å². The van der Waals surface area contributed by atoms with Gasteiger partial charge in [-0.1, -0.05) is 29.3 Å². The first-order valence-electron chi connectivity index (χ1n) is 10.7. The number of carbonyl (C=O) groups excluding carboxylic acids is 4. The average Bonchev–Trinajstić information content (AvgIpc) is 3.31. The topological polar surface area (TPSA) is 142 Å². The summed E-state index contributed by atoms with van der Waals surface area (Å²) in [5.41, 5.74) is 1.88. The summed E-state index contributed by atoms with van der Waals surface area (Å²) in [5, 5.41) is 9.81. The Labute approximate surface area is 218 Å². The highest BCUT2D eigenvalue weighted by atomic mass is 35.5. The van der Waals surface area contributed by atoms with E-state index in [-0.39, 0.29) is 23.8 Å². The van der Waals surface area contributed by atoms with Crippen molar-refractivity contribution < 1.29 is 36.8 Å². The fourth-order valence-electron chi connectivity index (χ4n) is 2.84. The fourth-order valence-corrected chi connectivity index (χ4v) is 3.07. The number of nitrogens with one attached hydrogen (secondary N) is 4. The lowest BCUT2D eigenvalue weighted by Crippen LogP contribution is -2.34. The first-order valence-corrected chi connectivity index (χ1v) is 11.1. The molecule has 1 heterocycles. The molecule has 38 heavy (non-hydrogen) atoms. The number of anilines is 2. The van der Waals surface area contributed by atoms with Crippen molar-refractivity contribution in [1.82, 2.24) is 10.7 Å². The number of halogens is 4. The lowest BCUT2D eigenvalue weighted by Gasteiger charge is -2.11. The minimum Gasteiger partial charge on any atom is -0.458 e. The molecule has 4 N–H and O–H groups in total. The van der Waals surface area contributed by atoms with Crippen LogP contribution < -0.4 is 21.4 Å². The second-order valence-corrected chi connectivity index (χ2v) is 8.06. The number of benzene rings is 2. The van der Waals surface area contributed by atoms with Crippen molar-refractivity contribution in [3.63, 3.8) is 0 Å². The molecule has 14 heteroatoms. The fraction of sp³-hybridized carbons (Fsp3) is 0.125. The maximum atomic E-state index is 12.9. The van der Waals surface area contributed by atoms with E-state index in [9.17, 15) is 32.3 Å². The SMILES string of the molecule is Cc1ccc(NC(=O)C(=O)NCc2ccc(/C=N/NC(=O)C(=O)Nc3ccc(Cl)c(C(F)(F)F)c3)o2)cc1. The molecule has 0 aliphatic heterocycles. The molecule has 3 aromatic rings. The Balaban J connectivity index is 1.46. The monoisotopic (exact) mass is 549 g/mol. The molecule has 0 aliphatic carbocycles. The Bertz CT molecular complexity index is 1390. The molecule has 1 aromatic heterocycles. The zero-order valence-electron chi connectivity index (χ0n) is 19.5. The Morgan fingerprint density at radius 1 is 0.895 bits per heavy atom. The van der Waals surface area contributed by atoms with E-state index in [1.165, 1.54) is 12.1 Å². The maximum Gasteiger partial charge on any atom is 0.417 e. The van der Waals surface area contributed by atoms with Crippen LogP contribution in [0.3, 0.4) is 0 Å². The summed E-state index contributed by atoms with van der Waals surface area (Å²) < 4.78 is 44.2. The second-order valence-electron chi connectivity index (χ2n) is 7.65. The Morgan fingerprint density at radius 2 is 1.53 bits per heavy atom. The number of hydrogen-bond acceptors (Lipinski definition) is 6. The van der Waals surface area contributed by atoms with E-state index in [1.54, 1.807) is 24.3 Å². The second kappa shape index (κ2) is 12.1. The van der Waals surface area contributed by atoms with E-state index in [0.29, 0.717) is 11.8 Å². The highest BCUT2D eigenvalue weighted by Gasteiger charge is 2.33. The number of aryl methyl sites for hydroxylation is 1. The summed E-state index contributed by atoms with van der Waals surface area (Å²) in [4.78, 5) is 47.8. The summed E-state index contributed by atoms with van der Waals surface area (Å²) in [6, 6.07) is 12.4. The quantitative estimate of drug-likeness (QED) is 0.211. The summed E-state index contributed by atoms with van der Waals surface area (Å²) >= 11 is 5.51. The molecule has 0 bridgehead atoms. The van der Waals surface area contributed by atoms with Gasteiger partial charge >= 0.3 is 29.8 Å². The largest absolute Gasteiger partial charge is 0.458 e. The van der Waals surface area contributed by atoms with E-state index >= 15 is 0 Å². The summed E-state index contributed by atoms with van der Waals surface area (Å²) in [5.74, 6) is -3.90. The van der Waals surface area contributed by atoms with E-state index in [4.69, 9.17) is 16.0 Å². The predicted octanol–water partition coefficient (Wildman–Crippen LogP) is 3.60. The Morgan fingerprint density at radius 3 is 2.21 bits per heavy atom. The van der Waals surface area contributed by atoms with Crippen molar-refractivity contribution in [1.29, 1.82) is 0 Å². The van der Waals surface area contributed by atoms with Gasteiger partial charge in [0, 0.05) is 11.4 Å². The zero-order chi connectivity index (χ0) is 27.9. The van der Waals surface area contributed by atoms with Crippen molar-refractivity contribution in [3.8, 4) is 0 Å². The molecule has 3 rings (SSSR count). The van der Waals surface area contributed by atoms with Gasteiger partial charge in [-0.05, 0) is 49.4 Å². The third kappa shape index (κ3) is 7.93. The number of amides is 4. The van der Waals surface area contributed by atoms with Gasteiger partial charge in [-0.3, -0.25) is 19.2 Å². The third-order valence-electron chi connectivity index (χ3n) is 4.72. The predicted molar refractivity (Wildman–Crippen MR) is 131 cm³/mol. The van der Waals surface area contributed by atoms with Crippen LogP contribution in [0.15, 0.2) is 64.1 Å². The van der Waals surface area contributed by atoms with Gasteiger partial charge in [-0.15, -0.1) is 0 Å². The average molecular weight is 550 g/mol. The minimum absolute atomic E-state index is 0.121. The lowest BCUT2D eigenvalue weighted by molar-refractivity contribution is -0.137. The molecule has 0 saturated heterocycles. The summed E-state index contributed by atoms with van der Waals surface area (Å²) in [6.07, 6.45) is -3.70. The third-order valence-corrected chi connectivity index (χ3v) is 5.04. The van der Waals surface area contributed by atoms with E-state index in [0.717, 1.165) is 23.9 Å². The van der Waals surface area contributed by atoms with Crippen LogP contribution in [0.2, 0.25) is 5.02 Å². The van der Waals surface area contributed by atoms with Crippen LogP contribution in [-0.2, 0) is 31.9 Å². The number of rotatable bonds is 6. The molecule has 2 aromatic carbocycles. The molecule has 0 saturated carbocycles. The van der Waals surface area contributed by atoms with Crippen LogP contribution in [0.5, 0.6) is 0 Å². The van der Waals surface area contributed by atoms with Crippen LogP contribution >= 0.6 is 11.6 Å². The maximum absolute atomic E-state index is 12.9. The lowest BCUT2D eigenvalue weighted by atomic mass is 10.2.